The molecule has 2 N–H and O–H groups in total. The number of thioether (sulfide) groups is 1. The van der Waals surface area contributed by atoms with Crippen molar-refractivity contribution in [1.82, 2.24) is 20.1 Å². The second kappa shape index (κ2) is 9.38. The van der Waals surface area contributed by atoms with Crippen LogP contribution in [-0.2, 0) is 9.59 Å². The predicted molar refractivity (Wildman–Crippen MR) is 114 cm³/mol. The molecular formula is C21H23N5O2S. The van der Waals surface area contributed by atoms with Gasteiger partial charge in [0.2, 0.25) is 11.8 Å². The highest BCUT2D eigenvalue weighted by molar-refractivity contribution is 7.99. The Balaban J connectivity index is 1.52. The van der Waals surface area contributed by atoms with Crippen molar-refractivity contribution in [2.45, 2.75) is 25.9 Å². The van der Waals surface area contributed by atoms with E-state index in [-0.39, 0.29) is 24.1 Å². The van der Waals surface area contributed by atoms with Crippen molar-refractivity contribution < 1.29 is 9.59 Å². The molecule has 0 atom stereocenters. The Kier molecular flexibility index (Phi) is 6.66. The zero-order valence-electron chi connectivity index (χ0n) is 16.6. The van der Waals surface area contributed by atoms with E-state index in [2.05, 4.69) is 20.8 Å². The average molecular weight is 410 g/mol. The SMILES string of the molecule is Cc1ccccc1-n1cnnc1SCC(=O)NCC(=O)Nc1c(C)cccc1C. The standard InChI is InChI=1S/C21H23N5O2S/c1-14-7-4-5-10-17(14)26-13-23-25-21(26)29-12-19(28)22-11-18(27)24-20-15(2)8-6-9-16(20)3/h4-10,13H,11-12H2,1-3H3,(H,22,28)(H,24,27). The van der Waals surface area contributed by atoms with E-state index in [0.29, 0.717) is 5.16 Å². The Morgan fingerprint density at radius 1 is 0.966 bits per heavy atom. The number of rotatable bonds is 7. The summed E-state index contributed by atoms with van der Waals surface area (Å²) in [7, 11) is 0. The zero-order chi connectivity index (χ0) is 20.8. The maximum atomic E-state index is 12.2. The molecule has 0 saturated heterocycles. The van der Waals surface area contributed by atoms with Crippen LogP contribution in [0.2, 0.25) is 0 Å². The first-order chi connectivity index (χ1) is 14.0. The van der Waals surface area contributed by atoms with Gasteiger partial charge in [-0.05, 0) is 43.5 Å². The molecule has 0 spiro atoms. The van der Waals surface area contributed by atoms with Crippen LogP contribution in [0, 0.1) is 20.8 Å². The number of benzene rings is 2. The lowest BCUT2D eigenvalue weighted by Gasteiger charge is -2.12. The Morgan fingerprint density at radius 3 is 2.38 bits per heavy atom. The van der Waals surface area contributed by atoms with Crippen LogP contribution < -0.4 is 10.6 Å². The number of para-hydroxylation sites is 2. The maximum Gasteiger partial charge on any atom is 0.243 e. The molecule has 8 heteroatoms. The van der Waals surface area contributed by atoms with E-state index in [1.165, 1.54) is 11.8 Å². The zero-order valence-corrected chi connectivity index (χ0v) is 17.4. The van der Waals surface area contributed by atoms with Gasteiger partial charge in [-0.2, -0.15) is 0 Å². The van der Waals surface area contributed by atoms with E-state index < -0.39 is 0 Å². The summed E-state index contributed by atoms with van der Waals surface area (Å²) in [6.45, 7) is 5.79. The van der Waals surface area contributed by atoms with Crippen LogP contribution in [0.1, 0.15) is 16.7 Å². The summed E-state index contributed by atoms with van der Waals surface area (Å²) in [6, 6.07) is 13.7. The van der Waals surface area contributed by atoms with Crippen molar-refractivity contribution in [3.8, 4) is 5.69 Å². The summed E-state index contributed by atoms with van der Waals surface area (Å²) in [6.07, 6.45) is 1.63. The summed E-state index contributed by atoms with van der Waals surface area (Å²) in [5.74, 6) is -0.365. The molecule has 1 heterocycles. The van der Waals surface area contributed by atoms with Gasteiger partial charge in [-0.25, -0.2) is 0 Å². The summed E-state index contributed by atoms with van der Waals surface area (Å²) < 4.78 is 1.85. The normalized spacial score (nSPS) is 10.6. The molecule has 0 saturated carbocycles. The molecule has 0 radical (unpaired) electrons. The maximum absolute atomic E-state index is 12.2. The van der Waals surface area contributed by atoms with Crippen LogP contribution in [0.3, 0.4) is 0 Å². The van der Waals surface area contributed by atoms with Gasteiger partial charge in [0.25, 0.3) is 0 Å². The number of anilines is 1. The molecule has 0 unspecified atom stereocenters. The Morgan fingerprint density at radius 2 is 1.66 bits per heavy atom. The molecule has 0 bridgehead atoms. The van der Waals surface area contributed by atoms with E-state index in [1.807, 2.05) is 67.8 Å². The fourth-order valence-corrected chi connectivity index (χ4v) is 3.63. The number of hydrogen-bond donors (Lipinski definition) is 2. The molecule has 7 nitrogen and oxygen atoms in total. The van der Waals surface area contributed by atoms with Gasteiger partial charge in [-0.1, -0.05) is 48.2 Å². The fourth-order valence-electron chi connectivity index (χ4n) is 2.88. The largest absolute Gasteiger partial charge is 0.346 e. The minimum absolute atomic E-state index is 0.0857. The average Bonchev–Trinajstić information content (AvgIpc) is 3.16. The Hall–Kier alpha value is -3.13. The molecule has 0 aliphatic rings. The molecule has 0 aliphatic heterocycles. The summed E-state index contributed by atoms with van der Waals surface area (Å²) in [4.78, 5) is 24.3. The number of carbonyl (C=O) groups excluding carboxylic acids is 2. The highest BCUT2D eigenvalue weighted by atomic mass is 32.2. The van der Waals surface area contributed by atoms with Gasteiger partial charge in [-0.3, -0.25) is 14.2 Å². The van der Waals surface area contributed by atoms with Crippen LogP contribution in [0.25, 0.3) is 5.69 Å². The smallest absolute Gasteiger partial charge is 0.243 e. The third-order valence-electron chi connectivity index (χ3n) is 4.42. The van der Waals surface area contributed by atoms with Gasteiger partial charge in [-0.15, -0.1) is 10.2 Å². The minimum Gasteiger partial charge on any atom is -0.346 e. The Bertz CT molecular complexity index is 1010. The molecule has 1 aromatic heterocycles. The van der Waals surface area contributed by atoms with E-state index in [0.717, 1.165) is 28.1 Å². The summed E-state index contributed by atoms with van der Waals surface area (Å²) >= 11 is 1.27. The van der Waals surface area contributed by atoms with Crippen LogP contribution in [-0.4, -0.2) is 38.9 Å². The van der Waals surface area contributed by atoms with Crippen LogP contribution >= 0.6 is 11.8 Å². The lowest BCUT2D eigenvalue weighted by molar-refractivity contribution is -0.122. The topological polar surface area (TPSA) is 88.9 Å². The van der Waals surface area contributed by atoms with E-state index >= 15 is 0 Å². The molecular weight excluding hydrogens is 386 g/mol. The molecule has 29 heavy (non-hydrogen) atoms. The van der Waals surface area contributed by atoms with Gasteiger partial charge >= 0.3 is 0 Å². The van der Waals surface area contributed by atoms with Crippen molar-refractivity contribution in [3.05, 3.63) is 65.5 Å². The highest BCUT2D eigenvalue weighted by Crippen LogP contribution is 2.21. The monoisotopic (exact) mass is 409 g/mol. The number of carbonyl (C=O) groups is 2. The molecule has 0 fully saturated rings. The second-order valence-corrected chi connectivity index (χ2v) is 7.59. The molecule has 2 aromatic carbocycles. The number of aryl methyl sites for hydroxylation is 3. The number of aromatic nitrogens is 3. The first-order valence-corrected chi connectivity index (χ1v) is 10.2. The summed E-state index contributed by atoms with van der Waals surface area (Å²) in [5, 5.41) is 14.2. The van der Waals surface area contributed by atoms with Crippen molar-refractivity contribution in [3.63, 3.8) is 0 Å². The number of amides is 2. The van der Waals surface area contributed by atoms with Crippen LogP contribution in [0.4, 0.5) is 5.69 Å². The molecule has 3 rings (SSSR count). The molecule has 0 aliphatic carbocycles. The second-order valence-electron chi connectivity index (χ2n) is 6.65. The Labute approximate surface area is 173 Å². The van der Waals surface area contributed by atoms with E-state index in [1.54, 1.807) is 6.33 Å². The van der Waals surface area contributed by atoms with Crippen LogP contribution in [0.15, 0.2) is 53.9 Å². The quantitative estimate of drug-likeness (QED) is 0.586. The van der Waals surface area contributed by atoms with Crippen molar-refractivity contribution in [2.24, 2.45) is 0 Å². The van der Waals surface area contributed by atoms with E-state index in [4.69, 9.17) is 0 Å². The van der Waals surface area contributed by atoms with Crippen molar-refractivity contribution in [2.75, 3.05) is 17.6 Å². The van der Waals surface area contributed by atoms with Gasteiger partial charge < -0.3 is 10.6 Å². The first kappa shape index (κ1) is 20.6. The first-order valence-electron chi connectivity index (χ1n) is 9.17. The van der Waals surface area contributed by atoms with E-state index in [9.17, 15) is 9.59 Å². The number of nitrogens with zero attached hydrogens (tertiary/aromatic N) is 3. The van der Waals surface area contributed by atoms with Crippen molar-refractivity contribution in [1.29, 1.82) is 0 Å². The third-order valence-corrected chi connectivity index (χ3v) is 5.36. The van der Waals surface area contributed by atoms with Gasteiger partial charge in [0.15, 0.2) is 5.16 Å². The van der Waals surface area contributed by atoms with Crippen LogP contribution in [0.5, 0.6) is 0 Å². The highest BCUT2D eigenvalue weighted by Gasteiger charge is 2.13. The number of hydrogen-bond acceptors (Lipinski definition) is 5. The van der Waals surface area contributed by atoms with Gasteiger partial charge in [0.05, 0.1) is 18.0 Å². The minimum atomic E-state index is -0.260. The third kappa shape index (κ3) is 5.23. The molecule has 2 amide bonds. The molecule has 3 aromatic rings. The van der Waals surface area contributed by atoms with Gasteiger partial charge in [0, 0.05) is 5.69 Å². The van der Waals surface area contributed by atoms with Crippen molar-refractivity contribution >= 4 is 29.3 Å². The lowest BCUT2D eigenvalue weighted by atomic mass is 10.1. The van der Waals surface area contributed by atoms with Gasteiger partial charge in [0.1, 0.15) is 6.33 Å². The predicted octanol–water partition coefficient (Wildman–Crippen LogP) is 3.04. The fraction of sp³-hybridized carbons (Fsp3) is 0.238. The molecule has 150 valence electrons. The number of nitrogens with one attached hydrogen (secondary N) is 2. The summed E-state index contributed by atoms with van der Waals surface area (Å²) in [5.41, 5.74) is 4.80. The lowest BCUT2D eigenvalue weighted by Crippen LogP contribution is -2.34.